The lowest BCUT2D eigenvalue weighted by molar-refractivity contribution is 0.452. The highest BCUT2D eigenvalue weighted by Gasteiger charge is 2.53. The summed E-state index contributed by atoms with van der Waals surface area (Å²) in [5, 5.41) is 0. The van der Waals surface area contributed by atoms with Gasteiger partial charge in [-0.1, -0.05) is 13.8 Å². The van der Waals surface area contributed by atoms with Crippen molar-refractivity contribution in [2.45, 2.75) is 32.1 Å². The van der Waals surface area contributed by atoms with Crippen molar-refractivity contribution < 1.29 is 4.18 Å². The minimum atomic E-state index is 0.356. The summed E-state index contributed by atoms with van der Waals surface area (Å²) in [4.78, 5) is 0. The largest absolute Gasteiger partial charge is 0.300 e. The standard InChI is InChI=1S/C10H21OS3/c1-3-6-13-7-5-10-11-14(10)9-8-12-4-2/h10H,3-9H2,1-2H3/q+1. The van der Waals surface area contributed by atoms with Crippen LogP contribution in [0.4, 0.5) is 0 Å². The summed E-state index contributed by atoms with van der Waals surface area (Å²) in [5.41, 5.74) is 0.636. The summed E-state index contributed by atoms with van der Waals surface area (Å²) >= 11 is 4.46. The summed E-state index contributed by atoms with van der Waals surface area (Å²) < 4.78 is 5.64. The number of thioether (sulfide) groups is 2. The van der Waals surface area contributed by atoms with Crippen molar-refractivity contribution >= 4 is 34.7 Å². The van der Waals surface area contributed by atoms with Gasteiger partial charge in [0.1, 0.15) is 0 Å². The Hall–Kier alpha value is 1.01. The third kappa shape index (κ3) is 5.79. The van der Waals surface area contributed by atoms with Crippen LogP contribution < -0.4 is 0 Å². The predicted molar refractivity (Wildman–Crippen MR) is 72.3 cm³/mol. The highest BCUT2D eigenvalue weighted by atomic mass is 32.2. The first-order chi connectivity index (χ1) is 6.88. The van der Waals surface area contributed by atoms with E-state index < -0.39 is 0 Å². The van der Waals surface area contributed by atoms with Crippen LogP contribution in [0.1, 0.15) is 26.7 Å². The maximum Gasteiger partial charge on any atom is 0.300 e. The van der Waals surface area contributed by atoms with Gasteiger partial charge in [-0.3, -0.25) is 0 Å². The Bertz CT molecular complexity index is 143. The summed E-state index contributed by atoms with van der Waals surface area (Å²) in [6, 6.07) is 0. The molecule has 1 aliphatic heterocycles. The molecule has 84 valence electrons. The smallest absolute Gasteiger partial charge is 0.162 e. The van der Waals surface area contributed by atoms with E-state index >= 15 is 0 Å². The molecule has 0 spiro atoms. The maximum atomic E-state index is 5.64. The van der Waals surface area contributed by atoms with Crippen LogP contribution in [0.15, 0.2) is 0 Å². The van der Waals surface area contributed by atoms with Crippen LogP contribution in [0.25, 0.3) is 0 Å². The van der Waals surface area contributed by atoms with Gasteiger partial charge in [0.15, 0.2) is 16.9 Å². The fourth-order valence-corrected chi connectivity index (χ4v) is 4.86. The van der Waals surface area contributed by atoms with Gasteiger partial charge >= 0.3 is 0 Å². The van der Waals surface area contributed by atoms with Gasteiger partial charge in [0.25, 0.3) is 5.44 Å². The van der Waals surface area contributed by atoms with E-state index in [0.717, 1.165) is 0 Å². The molecule has 1 fully saturated rings. The molecule has 1 saturated heterocycles. The Kier molecular flexibility index (Phi) is 7.66. The molecule has 0 radical (unpaired) electrons. The molecule has 4 heteroatoms. The molecule has 1 heterocycles. The van der Waals surface area contributed by atoms with Crippen LogP contribution >= 0.6 is 23.5 Å². The van der Waals surface area contributed by atoms with Gasteiger partial charge < -0.3 is 0 Å². The average molecular weight is 253 g/mol. The maximum absolute atomic E-state index is 5.64. The minimum absolute atomic E-state index is 0.356. The Morgan fingerprint density at radius 2 is 2.00 bits per heavy atom. The molecule has 0 amide bonds. The second-order valence-electron chi connectivity index (χ2n) is 3.21. The van der Waals surface area contributed by atoms with E-state index in [4.69, 9.17) is 4.18 Å². The summed E-state index contributed by atoms with van der Waals surface area (Å²) in [6.45, 7) is 4.47. The van der Waals surface area contributed by atoms with Gasteiger partial charge in [-0.2, -0.15) is 23.5 Å². The second kappa shape index (κ2) is 8.20. The van der Waals surface area contributed by atoms with Crippen molar-refractivity contribution in [2.75, 3.05) is 28.8 Å². The molecule has 14 heavy (non-hydrogen) atoms. The second-order valence-corrected chi connectivity index (χ2v) is 7.72. The molecule has 1 aliphatic rings. The lowest BCUT2D eigenvalue weighted by Gasteiger charge is -1.92. The van der Waals surface area contributed by atoms with Gasteiger partial charge in [-0.25, -0.2) is 0 Å². The monoisotopic (exact) mass is 253 g/mol. The topological polar surface area (TPSA) is 12.5 Å². The molecule has 1 rings (SSSR count). The molecule has 0 aromatic heterocycles. The molecule has 0 N–H and O–H groups in total. The highest BCUT2D eigenvalue weighted by Crippen LogP contribution is 2.32. The average Bonchev–Trinajstić information content (AvgIpc) is 2.92. The zero-order chi connectivity index (χ0) is 10.2. The SMILES string of the molecule is CCCSCCC1O[S+]1CCSCC. The van der Waals surface area contributed by atoms with Crippen molar-refractivity contribution in [1.82, 2.24) is 0 Å². The van der Waals surface area contributed by atoms with Gasteiger partial charge in [0.05, 0.1) is 0 Å². The molecule has 0 aliphatic carbocycles. The van der Waals surface area contributed by atoms with E-state index in [1.807, 2.05) is 11.8 Å². The molecule has 0 aromatic rings. The van der Waals surface area contributed by atoms with E-state index in [2.05, 4.69) is 25.6 Å². The molecule has 0 saturated carbocycles. The van der Waals surface area contributed by atoms with Crippen molar-refractivity contribution in [2.24, 2.45) is 0 Å². The normalized spacial score (nSPS) is 25.3. The van der Waals surface area contributed by atoms with Crippen molar-refractivity contribution in [3.63, 3.8) is 0 Å². The van der Waals surface area contributed by atoms with Crippen molar-refractivity contribution in [3.05, 3.63) is 0 Å². The van der Waals surface area contributed by atoms with Crippen LogP contribution in [0.3, 0.4) is 0 Å². The highest BCUT2D eigenvalue weighted by molar-refractivity contribution is 8.02. The Labute approximate surface area is 99.7 Å². The summed E-state index contributed by atoms with van der Waals surface area (Å²) in [7, 11) is 0. The number of hydrogen-bond acceptors (Lipinski definition) is 3. The van der Waals surface area contributed by atoms with Crippen LogP contribution in [0.2, 0.25) is 0 Å². The van der Waals surface area contributed by atoms with Crippen LogP contribution in [0, 0.1) is 0 Å². The first kappa shape index (κ1) is 13.1. The van der Waals surface area contributed by atoms with E-state index in [9.17, 15) is 0 Å². The fourth-order valence-electron chi connectivity index (χ4n) is 1.19. The molecular formula is C10H21OS3+. The van der Waals surface area contributed by atoms with Gasteiger partial charge in [-0.05, 0) is 17.9 Å². The van der Waals surface area contributed by atoms with Crippen LogP contribution in [-0.4, -0.2) is 34.2 Å². The van der Waals surface area contributed by atoms with E-state index in [-0.39, 0.29) is 0 Å². The van der Waals surface area contributed by atoms with Crippen LogP contribution in [-0.2, 0) is 15.4 Å². The molecule has 1 nitrogen and oxygen atoms in total. The summed E-state index contributed by atoms with van der Waals surface area (Å²) in [6.07, 6.45) is 2.58. The fraction of sp³-hybridized carbons (Fsp3) is 1.00. The quantitative estimate of drug-likeness (QED) is 0.356. The third-order valence-electron chi connectivity index (χ3n) is 1.97. The lowest BCUT2D eigenvalue weighted by atomic mass is 10.5. The molecule has 2 unspecified atom stereocenters. The molecule has 2 atom stereocenters. The number of hydrogen-bond donors (Lipinski definition) is 0. The van der Waals surface area contributed by atoms with Gasteiger partial charge in [0.2, 0.25) is 0 Å². The molecular weight excluding hydrogens is 232 g/mol. The van der Waals surface area contributed by atoms with Crippen LogP contribution in [0.5, 0.6) is 0 Å². The number of rotatable bonds is 9. The zero-order valence-corrected chi connectivity index (χ0v) is 11.6. The molecule has 0 aromatic carbocycles. The van der Waals surface area contributed by atoms with E-state index in [1.165, 1.54) is 41.6 Å². The van der Waals surface area contributed by atoms with Gasteiger partial charge in [0, 0.05) is 17.9 Å². The minimum Gasteiger partial charge on any atom is -0.162 e. The Morgan fingerprint density at radius 3 is 2.71 bits per heavy atom. The van der Waals surface area contributed by atoms with E-state index in [1.54, 1.807) is 0 Å². The summed E-state index contributed by atoms with van der Waals surface area (Å²) in [5.74, 6) is 6.43. The van der Waals surface area contributed by atoms with E-state index in [0.29, 0.717) is 16.6 Å². The first-order valence-electron chi connectivity index (χ1n) is 5.40. The zero-order valence-electron chi connectivity index (χ0n) is 9.16. The predicted octanol–water partition coefficient (Wildman–Crippen LogP) is 3.16. The molecule has 0 bridgehead atoms. The first-order valence-corrected chi connectivity index (χ1v) is 9.10. The Morgan fingerprint density at radius 1 is 1.14 bits per heavy atom. The van der Waals surface area contributed by atoms with Crippen molar-refractivity contribution in [3.8, 4) is 0 Å². The van der Waals surface area contributed by atoms with Gasteiger partial charge in [-0.15, -0.1) is 4.18 Å². The Balaban J connectivity index is 1.82. The van der Waals surface area contributed by atoms with Crippen molar-refractivity contribution in [1.29, 1.82) is 0 Å². The third-order valence-corrected chi connectivity index (χ3v) is 6.16. The lowest BCUT2D eigenvalue weighted by Crippen LogP contribution is -1.99.